The lowest BCUT2D eigenvalue weighted by Crippen LogP contribution is -2.39. The molecule has 1 aromatic rings. The largest absolute Gasteiger partial charge is 0.305 e. The van der Waals surface area contributed by atoms with Gasteiger partial charge in [0.05, 0.1) is 0 Å². The lowest BCUT2D eigenvalue weighted by Gasteiger charge is -2.28. The maximum absolute atomic E-state index is 3.70. The van der Waals surface area contributed by atoms with Gasteiger partial charge in [0.25, 0.3) is 0 Å². The molecule has 0 radical (unpaired) electrons. The third kappa shape index (κ3) is 2.07. The topological polar surface area (TPSA) is 12.0 Å². The number of hydrogen-bond acceptors (Lipinski definition) is 1. The summed E-state index contributed by atoms with van der Waals surface area (Å²) in [7, 11) is 0. The average molecular weight is 203 g/mol. The van der Waals surface area contributed by atoms with Gasteiger partial charge in [-0.1, -0.05) is 31.2 Å². The van der Waals surface area contributed by atoms with Gasteiger partial charge in [-0.3, -0.25) is 0 Å². The molecule has 0 saturated heterocycles. The molecule has 1 nitrogen and oxygen atoms in total. The molecule has 82 valence electrons. The third-order valence-corrected chi connectivity index (χ3v) is 3.42. The lowest BCUT2D eigenvalue weighted by molar-refractivity contribution is 0.325. The molecule has 1 N–H and O–H groups in total. The zero-order valence-electron chi connectivity index (χ0n) is 10.2. The first kappa shape index (κ1) is 10.7. The summed E-state index contributed by atoms with van der Waals surface area (Å²) in [4.78, 5) is 0. The van der Waals surface area contributed by atoms with Crippen molar-refractivity contribution in [3.63, 3.8) is 0 Å². The molecule has 1 heteroatoms. The van der Waals surface area contributed by atoms with Gasteiger partial charge in [0, 0.05) is 11.6 Å². The summed E-state index contributed by atoms with van der Waals surface area (Å²) < 4.78 is 0. The molecule has 0 aromatic heterocycles. The summed E-state index contributed by atoms with van der Waals surface area (Å²) in [5.41, 5.74) is 3.22. The molecule has 0 aliphatic carbocycles. The highest BCUT2D eigenvalue weighted by molar-refractivity contribution is 5.34. The second-order valence-electron chi connectivity index (χ2n) is 5.48. The van der Waals surface area contributed by atoms with Gasteiger partial charge in [0.15, 0.2) is 0 Å². The molecule has 0 fully saturated rings. The van der Waals surface area contributed by atoms with Gasteiger partial charge in [0.2, 0.25) is 0 Å². The van der Waals surface area contributed by atoms with E-state index in [0.29, 0.717) is 12.0 Å². The Balaban J connectivity index is 2.45. The van der Waals surface area contributed by atoms with Crippen LogP contribution in [0.4, 0.5) is 0 Å². The van der Waals surface area contributed by atoms with Crippen molar-refractivity contribution >= 4 is 0 Å². The first-order chi connectivity index (χ1) is 6.99. The lowest BCUT2D eigenvalue weighted by atomic mass is 9.87. The van der Waals surface area contributed by atoms with Gasteiger partial charge < -0.3 is 5.32 Å². The Morgan fingerprint density at radius 3 is 2.40 bits per heavy atom. The Morgan fingerprint density at radius 1 is 1.13 bits per heavy atom. The molecule has 1 aromatic carbocycles. The highest BCUT2D eigenvalue weighted by atomic mass is 15.0. The smallest absolute Gasteiger partial charge is 0.0299 e. The molecule has 0 unspecified atom stereocenters. The first-order valence-corrected chi connectivity index (χ1v) is 5.86. The van der Waals surface area contributed by atoms with Crippen LogP contribution in [-0.4, -0.2) is 5.54 Å². The minimum absolute atomic E-state index is 0.234. The molecule has 15 heavy (non-hydrogen) atoms. The predicted octanol–water partition coefficient (Wildman–Crippen LogP) is 3.62. The van der Waals surface area contributed by atoms with Crippen molar-refractivity contribution in [1.29, 1.82) is 0 Å². The average Bonchev–Trinajstić information content (AvgIpc) is 2.23. The Labute approximate surface area is 92.9 Å². The van der Waals surface area contributed by atoms with E-state index >= 15 is 0 Å². The van der Waals surface area contributed by atoms with E-state index in [4.69, 9.17) is 0 Å². The first-order valence-electron chi connectivity index (χ1n) is 5.86. The van der Waals surface area contributed by atoms with Crippen LogP contribution < -0.4 is 5.32 Å². The van der Waals surface area contributed by atoms with E-state index in [0.717, 1.165) is 0 Å². The second-order valence-corrected chi connectivity index (χ2v) is 5.48. The highest BCUT2D eigenvalue weighted by Crippen LogP contribution is 2.35. The quantitative estimate of drug-likeness (QED) is 0.679. The Morgan fingerprint density at radius 2 is 1.73 bits per heavy atom. The highest BCUT2D eigenvalue weighted by Gasteiger charge is 2.29. The van der Waals surface area contributed by atoms with Gasteiger partial charge in [-0.2, -0.15) is 0 Å². The van der Waals surface area contributed by atoms with Crippen LogP contribution in [0.1, 0.15) is 57.2 Å². The van der Waals surface area contributed by atoms with Crippen molar-refractivity contribution in [3.05, 3.63) is 35.4 Å². The molecule has 0 spiro atoms. The predicted molar refractivity (Wildman–Crippen MR) is 65.1 cm³/mol. The maximum atomic E-state index is 3.70. The minimum Gasteiger partial charge on any atom is -0.305 e. The van der Waals surface area contributed by atoms with Crippen LogP contribution in [0.15, 0.2) is 24.3 Å². The van der Waals surface area contributed by atoms with E-state index < -0.39 is 0 Å². The number of rotatable bonds is 0. The van der Waals surface area contributed by atoms with Gasteiger partial charge in [-0.15, -0.1) is 0 Å². The van der Waals surface area contributed by atoms with Gasteiger partial charge in [-0.05, 0) is 44.2 Å². The number of fused-ring (bicyclic) bond motifs is 1. The van der Waals surface area contributed by atoms with Crippen LogP contribution in [0.25, 0.3) is 0 Å². The number of hydrogen-bond donors (Lipinski definition) is 1. The van der Waals surface area contributed by atoms with E-state index in [1.807, 2.05) is 0 Å². The molecular weight excluding hydrogens is 182 g/mol. The fourth-order valence-corrected chi connectivity index (χ4v) is 2.95. The summed E-state index contributed by atoms with van der Waals surface area (Å²) in [6, 6.07) is 9.29. The van der Waals surface area contributed by atoms with Crippen molar-refractivity contribution < 1.29 is 0 Å². The van der Waals surface area contributed by atoms with Crippen molar-refractivity contribution in [2.24, 2.45) is 0 Å². The summed E-state index contributed by atoms with van der Waals surface area (Å²) in [6.07, 6.45) is 1.20. The van der Waals surface area contributed by atoms with Gasteiger partial charge in [-0.25, -0.2) is 0 Å². The summed E-state index contributed by atoms with van der Waals surface area (Å²) in [6.45, 7) is 9.19. The molecule has 2 atom stereocenters. The van der Waals surface area contributed by atoms with Crippen molar-refractivity contribution in [3.8, 4) is 0 Å². The maximum Gasteiger partial charge on any atom is 0.0299 e. The van der Waals surface area contributed by atoms with Crippen molar-refractivity contribution in [2.75, 3.05) is 0 Å². The monoisotopic (exact) mass is 203 g/mol. The Bertz CT molecular complexity index is 321. The van der Waals surface area contributed by atoms with Crippen LogP contribution in [0.3, 0.4) is 0 Å². The van der Waals surface area contributed by atoms with Crippen LogP contribution in [0, 0.1) is 0 Å². The molecule has 1 aliphatic heterocycles. The summed E-state index contributed by atoms with van der Waals surface area (Å²) in [5, 5.41) is 3.70. The second kappa shape index (κ2) is 3.64. The van der Waals surface area contributed by atoms with E-state index in [1.165, 1.54) is 17.5 Å². The van der Waals surface area contributed by atoms with Gasteiger partial charge >= 0.3 is 0 Å². The zero-order chi connectivity index (χ0) is 11.1. The summed E-state index contributed by atoms with van der Waals surface area (Å²) >= 11 is 0. The fraction of sp³-hybridized carbons (Fsp3) is 0.571. The molecule has 2 rings (SSSR count). The van der Waals surface area contributed by atoms with Crippen LogP contribution >= 0.6 is 0 Å². The fourth-order valence-electron chi connectivity index (χ4n) is 2.95. The zero-order valence-corrected chi connectivity index (χ0v) is 10.2. The van der Waals surface area contributed by atoms with E-state index in [-0.39, 0.29) is 5.54 Å². The van der Waals surface area contributed by atoms with Crippen LogP contribution in [0.2, 0.25) is 0 Å². The number of benzene rings is 1. The molecule has 0 amide bonds. The Hall–Kier alpha value is -0.820. The molecule has 0 bridgehead atoms. The normalized spacial score (nSPS) is 29.3. The van der Waals surface area contributed by atoms with E-state index in [9.17, 15) is 0 Å². The van der Waals surface area contributed by atoms with E-state index in [2.05, 4.69) is 57.3 Å². The standard InChI is InChI=1S/C14H21N/c1-10-9-14(3,4)15-11(2)13-8-6-5-7-12(10)13/h5-8,10-11,15H,9H2,1-4H3/t10-,11-/m1/s1. The molecule has 0 saturated carbocycles. The molecule has 1 heterocycles. The van der Waals surface area contributed by atoms with E-state index in [1.54, 1.807) is 0 Å². The number of nitrogens with one attached hydrogen (secondary N) is 1. The molecule has 1 aliphatic rings. The molecular formula is C14H21N. The van der Waals surface area contributed by atoms with Gasteiger partial charge in [0.1, 0.15) is 0 Å². The van der Waals surface area contributed by atoms with Crippen LogP contribution in [-0.2, 0) is 0 Å². The van der Waals surface area contributed by atoms with Crippen LogP contribution in [0.5, 0.6) is 0 Å². The third-order valence-electron chi connectivity index (χ3n) is 3.42. The van der Waals surface area contributed by atoms with Crippen molar-refractivity contribution in [1.82, 2.24) is 5.32 Å². The van der Waals surface area contributed by atoms with Crippen molar-refractivity contribution in [2.45, 2.75) is 51.6 Å². The minimum atomic E-state index is 0.234. The summed E-state index contributed by atoms with van der Waals surface area (Å²) in [5.74, 6) is 0.647. The Kier molecular flexibility index (Phi) is 2.59. The SMILES string of the molecule is C[C@@H]1CC(C)(C)N[C@H](C)c2ccccc21.